The summed E-state index contributed by atoms with van der Waals surface area (Å²) in [7, 11) is 0. The number of aryl methyl sites for hydroxylation is 2. The number of rotatable bonds is 9. The number of hydrogen-bond acceptors (Lipinski definition) is 7. The highest BCUT2D eigenvalue weighted by Crippen LogP contribution is 2.21. The van der Waals surface area contributed by atoms with Crippen LogP contribution in [0.25, 0.3) is 0 Å². The van der Waals surface area contributed by atoms with Crippen LogP contribution in [0.15, 0.2) is 30.5 Å². The lowest BCUT2D eigenvalue weighted by Gasteiger charge is -2.28. The molecule has 0 saturated carbocycles. The lowest BCUT2D eigenvalue weighted by atomic mass is 10.0. The number of amides is 1. The number of anilines is 1. The molecule has 8 heteroatoms. The van der Waals surface area contributed by atoms with Crippen molar-refractivity contribution in [1.82, 2.24) is 15.3 Å². The van der Waals surface area contributed by atoms with Crippen LogP contribution in [0.2, 0.25) is 0 Å². The third-order valence-corrected chi connectivity index (χ3v) is 4.40. The Balaban J connectivity index is 1.97. The lowest BCUT2D eigenvalue weighted by Crippen LogP contribution is -2.47. The largest absolute Gasteiger partial charge is 0.473 e. The summed E-state index contributed by atoms with van der Waals surface area (Å²) in [4.78, 5) is 19.5. The molecule has 2 aromatic rings. The number of nitrogens with one attached hydrogen (secondary N) is 2. The average Bonchev–Trinajstić information content (AvgIpc) is 2.62. The molecule has 8 nitrogen and oxygen atoms in total. The van der Waals surface area contributed by atoms with Gasteiger partial charge in [-0.15, -0.1) is 0 Å². The summed E-state index contributed by atoms with van der Waals surface area (Å²) in [6, 6.07) is 6.74. The molecule has 1 aromatic carbocycles. The lowest BCUT2D eigenvalue weighted by molar-refractivity contribution is -0.114. The first-order valence-electron chi connectivity index (χ1n) is 9.62. The van der Waals surface area contributed by atoms with E-state index in [9.17, 15) is 15.0 Å². The molecule has 0 saturated heterocycles. The molecule has 29 heavy (non-hydrogen) atoms. The Morgan fingerprint density at radius 1 is 1.17 bits per heavy atom. The highest BCUT2D eigenvalue weighted by Gasteiger charge is 2.22. The van der Waals surface area contributed by atoms with Gasteiger partial charge in [0.2, 0.25) is 5.91 Å². The molecule has 2 rings (SSSR count). The van der Waals surface area contributed by atoms with E-state index in [1.165, 1.54) is 6.92 Å². The Morgan fingerprint density at radius 2 is 1.83 bits per heavy atom. The molecule has 4 N–H and O–H groups in total. The van der Waals surface area contributed by atoms with Gasteiger partial charge in [-0.3, -0.25) is 10.1 Å². The van der Waals surface area contributed by atoms with E-state index < -0.39 is 18.4 Å². The molecule has 0 aliphatic heterocycles. The van der Waals surface area contributed by atoms with Gasteiger partial charge in [-0.25, -0.2) is 9.97 Å². The van der Waals surface area contributed by atoms with E-state index >= 15 is 0 Å². The Kier molecular flexibility index (Phi) is 8.07. The maximum atomic E-state index is 11.1. The standard InChI is InChI=1S/C21H30N4O4/c1-12(10-20(28)19-11-22-15(4)24-13(19)2)23-21(14(3)26)29-18-8-6-17(7-9-18)25-16(5)27/h6-9,11-12,14,20-21,23,26,28H,10H2,1-5H3,(H,25,27). The van der Waals surface area contributed by atoms with Crippen molar-refractivity contribution in [2.45, 2.75) is 65.5 Å². The monoisotopic (exact) mass is 402 g/mol. The van der Waals surface area contributed by atoms with Crippen molar-refractivity contribution >= 4 is 11.6 Å². The Labute approximate surface area is 171 Å². The van der Waals surface area contributed by atoms with Crippen molar-refractivity contribution in [1.29, 1.82) is 0 Å². The van der Waals surface area contributed by atoms with Gasteiger partial charge < -0.3 is 20.3 Å². The molecular weight excluding hydrogens is 372 g/mol. The number of carbonyl (C=O) groups is 1. The second-order valence-corrected chi connectivity index (χ2v) is 7.26. The van der Waals surface area contributed by atoms with E-state index in [0.29, 0.717) is 29.2 Å². The summed E-state index contributed by atoms with van der Waals surface area (Å²) in [6.45, 7) is 8.63. The number of carbonyl (C=O) groups excluding carboxylic acids is 1. The normalized spacial score (nSPS) is 15.3. The highest BCUT2D eigenvalue weighted by molar-refractivity contribution is 5.88. The fourth-order valence-electron chi connectivity index (χ4n) is 2.97. The van der Waals surface area contributed by atoms with Crippen molar-refractivity contribution in [3.8, 4) is 5.75 Å². The van der Waals surface area contributed by atoms with Gasteiger partial charge >= 0.3 is 0 Å². The van der Waals surface area contributed by atoms with Crippen LogP contribution in [0.5, 0.6) is 5.75 Å². The summed E-state index contributed by atoms with van der Waals surface area (Å²) in [5.41, 5.74) is 2.10. The van der Waals surface area contributed by atoms with E-state index in [1.807, 2.05) is 13.8 Å². The van der Waals surface area contributed by atoms with Crippen LogP contribution in [0, 0.1) is 13.8 Å². The van der Waals surface area contributed by atoms with E-state index in [-0.39, 0.29) is 11.9 Å². The summed E-state index contributed by atoms with van der Waals surface area (Å²) in [5, 5.41) is 26.5. The molecule has 1 heterocycles. The third kappa shape index (κ3) is 7.08. The van der Waals surface area contributed by atoms with Crippen molar-refractivity contribution in [2.24, 2.45) is 0 Å². The van der Waals surface area contributed by atoms with Crippen LogP contribution >= 0.6 is 0 Å². The molecule has 158 valence electrons. The van der Waals surface area contributed by atoms with Crippen LogP contribution < -0.4 is 15.4 Å². The number of aromatic nitrogens is 2. The summed E-state index contributed by atoms with van der Waals surface area (Å²) >= 11 is 0. The Hall–Kier alpha value is -2.55. The number of benzene rings is 1. The van der Waals surface area contributed by atoms with Gasteiger partial charge in [-0.2, -0.15) is 0 Å². The summed E-state index contributed by atoms with van der Waals surface area (Å²) in [5.74, 6) is 1.06. The predicted octanol–water partition coefficient (Wildman–Crippen LogP) is 2.24. The maximum absolute atomic E-state index is 11.1. The molecular formula is C21H30N4O4. The molecule has 4 atom stereocenters. The van der Waals surface area contributed by atoms with Gasteiger partial charge in [0.05, 0.1) is 6.10 Å². The van der Waals surface area contributed by atoms with Gasteiger partial charge in [-0.05, 0) is 58.4 Å². The fourth-order valence-corrected chi connectivity index (χ4v) is 2.97. The van der Waals surface area contributed by atoms with E-state index in [4.69, 9.17) is 4.74 Å². The Bertz CT molecular complexity index is 811. The van der Waals surface area contributed by atoms with Gasteiger partial charge in [0.25, 0.3) is 0 Å². The zero-order chi connectivity index (χ0) is 21.6. The molecule has 0 bridgehead atoms. The van der Waals surface area contributed by atoms with Gasteiger partial charge in [0.15, 0.2) is 6.23 Å². The number of hydrogen-bond donors (Lipinski definition) is 4. The zero-order valence-corrected chi connectivity index (χ0v) is 17.5. The number of nitrogens with zero attached hydrogens (tertiary/aromatic N) is 2. The van der Waals surface area contributed by atoms with Crippen molar-refractivity contribution in [3.63, 3.8) is 0 Å². The second kappa shape index (κ2) is 10.3. The highest BCUT2D eigenvalue weighted by atomic mass is 16.5. The zero-order valence-electron chi connectivity index (χ0n) is 17.5. The smallest absolute Gasteiger partial charge is 0.221 e. The minimum Gasteiger partial charge on any atom is -0.473 e. The predicted molar refractivity (Wildman–Crippen MR) is 111 cm³/mol. The molecule has 1 amide bonds. The molecule has 4 unspecified atom stereocenters. The second-order valence-electron chi connectivity index (χ2n) is 7.26. The maximum Gasteiger partial charge on any atom is 0.221 e. The van der Waals surface area contributed by atoms with Gasteiger partial charge in [-0.1, -0.05) is 0 Å². The Morgan fingerprint density at radius 3 is 2.38 bits per heavy atom. The van der Waals surface area contributed by atoms with Crippen LogP contribution in [0.4, 0.5) is 5.69 Å². The quantitative estimate of drug-likeness (QED) is 0.475. The summed E-state index contributed by atoms with van der Waals surface area (Å²) in [6.07, 6.45) is -0.131. The number of aliphatic hydroxyl groups excluding tert-OH is 2. The van der Waals surface area contributed by atoms with E-state index in [0.717, 1.165) is 5.69 Å². The fraction of sp³-hybridized carbons (Fsp3) is 0.476. The summed E-state index contributed by atoms with van der Waals surface area (Å²) < 4.78 is 5.85. The first-order valence-corrected chi connectivity index (χ1v) is 9.62. The SMILES string of the molecule is CC(=O)Nc1ccc(OC(NC(C)CC(O)c2cnc(C)nc2C)C(C)O)cc1. The minimum atomic E-state index is -0.783. The van der Waals surface area contributed by atoms with E-state index in [1.54, 1.807) is 44.3 Å². The number of aliphatic hydroxyl groups is 2. The number of ether oxygens (including phenoxy) is 1. The molecule has 0 spiro atoms. The van der Waals surface area contributed by atoms with Crippen molar-refractivity contribution < 1.29 is 19.7 Å². The molecule has 0 aliphatic rings. The van der Waals surface area contributed by atoms with Gasteiger partial charge in [0.1, 0.15) is 17.7 Å². The van der Waals surface area contributed by atoms with Crippen molar-refractivity contribution in [3.05, 3.63) is 47.5 Å². The van der Waals surface area contributed by atoms with Crippen LogP contribution in [-0.4, -0.2) is 44.5 Å². The van der Waals surface area contributed by atoms with Crippen molar-refractivity contribution in [2.75, 3.05) is 5.32 Å². The molecule has 0 aliphatic carbocycles. The molecule has 1 aromatic heterocycles. The van der Waals surface area contributed by atoms with Gasteiger partial charge in [0, 0.05) is 36.1 Å². The van der Waals surface area contributed by atoms with Crippen LogP contribution in [0.3, 0.4) is 0 Å². The third-order valence-electron chi connectivity index (χ3n) is 4.40. The average molecular weight is 402 g/mol. The first kappa shape index (κ1) is 22.7. The first-order chi connectivity index (χ1) is 13.7. The minimum absolute atomic E-state index is 0.149. The van der Waals surface area contributed by atoms with E-state index in [2.05, 4.69) is 20.6 Å². The topological polar surface area (TPSA) is 117 Å². The molecule has 0 radical (unpaired) electrons. The van der Waals surface area contributed by atoms with Crippen LogP contribution in [-0.2, 0) is 4.79 Å². The molecule has 0 fully saturated rings. The van der Waals surface area contributed by atoms with Crippen LogP contribution in [0.1, 0.15) is 50.4 Å².